The number of benzene rings is 1. The molecule has 0 saturated heterocycles. The molecule has 0 aliphatic heterocycles. The van der Waals surface area contributed by atoms with Crippen LogP contribution in [-0.4, -0.2) is 78.8 Å². The minimum absolute atomic E-state index is 0.313. The first kappa shape index (κ1) is 39.8. The van der Waals surface area contributed by atoms with E-state index in [9.17, 15) is 84.2 Å². The van der Waals surface area contributed by atoms with Crippen molar-refractivity contribution in [3.63, 3.8) is 0 Å². The molecule has 0 aliphatic rings. The Hall–Kier alpha value is -3.27. The summed E-state index contributed by atoms with van der Waals surface area (Å²) >= 11 is 0. The maximum absolute atomic E-state index is 14.0. The van der Waals surface area contributed by atoms with Crippen LogP contribution in [0.2, 0.25) is 0 Å². The molecule has 0 bridgehead atoms. The summed E-state index contributed by atoms with van der Waals surface area (Å²) in [5.74, 6) is -58.3. The number of carbonyl (C=O) groups is 2. The van der Waals surface area contributed by atoms with Gasteiger partial charge in [-0.2, -0.15) is 74.6 Å². The molecular weight excluding hydrogens is 677 g/mol. The number of hydrogen-bond acceptors (Lipinski definition) is 4. The van der Waals surface area contributed by atoms with E-state index < -0.39 is 91.6 Å². The molecule has 2 amide bonds. The summed E-state index contributed by atoms with van der Waals surface area (Å²) in [6, 6.07) is 6.14. The normalized spacial score (nSPS) is 15.0. The van der Waals surface area contributed by atoms with Crippen molar-refractivity contribution in [2.45, 2.75) is 73.1 Å². The molecule has 6 nitrogen and oxygen atoms in total. The van der Waals surface area contributed by atoms with Crippen LogP contribution in [0.25, 0.3) is 0 Å². The van der Waals surface area contributed by atoms with Gasteiger partial charge in [0.05, 0.1) is 0 Å². The zero-order valence-corrected chi connectivity index (χ0v) is 21.7. The van der Waals surface area contributed by atoms with Crippen LogP contribution in [0.5, 0.6) is 0 Å². The van der Waals surface area contributed by atoms with Gasteiger partial charge in [-0.05, 0) is 12.0 Å². The Morgan fingerprint density at radius 2 is 1.13 bits per heavy atom. The second-order valence-corrected chi connectivity index (χ2v) is 9.04. The van der Waals surface area contributed by atoms with Gasteiger partial charge < -0.3 is 21.1 Å². The smallest absolute Gasteiger partial charge is 0.445 e. The summed E-state index contributed by atoms with van der Waals surface area (Å²) in [6.45, 7) is -2.25. The lowest BCUT2D eigenvalue weighted by Gasteiger charge is -2.42. The van der Waals surface area contributed by atoms with Crippen molar-refractivity contribution in [1.29, 1.82) is 0 Å². The van der Waals surface area contributed by atoms with Crippen LogP contribution < -0.4 is 16.4 Å². The Kier molecular flexibility index (Phi) is 11.7. The van der Waals surface area contributed by atoms with Crippen molar-refractivity contribution < 1.29 is 89.0 Å². The first-order valence-corrected chi connectivity index (χ1v) is 11.7. The SMILES string of the molecule is NCC(NC(=O)OCc1ccccc1)C(=O)NCCCC(F)(F)C(F)(F)C(F)(F)C(F)(F)C(F)(F)C(F)(F)C(F)(F)C(F)(F)F. The van der Waals surface area contributed by atoms with E-state index in [0.717, 1.165) is 0 Å². The van der Waals surface area contributed by atoms with Crippen LogP contribution in [0, 0.1) is 0 Å². The number of ether oxygens (including phenoxy) is 1. The Morgan fingerprint density at radius 1 is 0.689 bits per heavy atom. The topological polar surface area (TPSA) is 93.4 Å². The van der Waals surface area contributed by atoms with Crippen LogP contribution in [-0.2, 0) is 16.1 Å². The molecule has 0 heterocycles. The number of amides is 2. The number of carbonyl (C=O) groups excluding carboxylic acids is 2. The third-order valence-electron chi connectivity index (χ3n) is 5.81. The molecule has 1 atom stereocenters. The molecule has 23 heteroatoms. The Labute approximate surface area is 240 Å². The molecule has 1 aromatic rings. The molecular formula is C22H20F17N3O3. The minimum atomic E-state index is -8.71. The van der Waals surface area contributed by atoms with Crippen LogP contribution in [0.4, 0.5) is 79.4 Å². The fourth-order valence-corrected chi connectivity index (χ4v) is 3.14. The molecule has 1 rings (SSSR count). The van der Waals surface area contributed by atoms with Crippen LogP contribution >= 0.6 is 0 Å². The monoisotopic (exact) mass is 697 g/mol. The number of alkyl halides is 17. The molecule has 45 heavy (non-hydrogen) atoms. The van der Waals surface area contributed by atoms with Crippen LogP contribution in [0.1, 0.15) is 18.4 Å². The third kappa shape index (κ3) is 7.42. The number of halogens is 17. The summed E-state index contributed by atoms with van der Waals surface area (Å²) in [5.41, 5.74) is 5.72. The molecule has 1 unspecified atom stereocenters. The van der Waals surface area contributed by atoms with Crippen LogP contribution in [0.15, 0.2) is 30.3 Å². The molecule has 0 aliphatic carbocycles. The maximum Gasteiger partial charge on any atom is 0.460 e. The number of alkyl carbamates (subject to hydrolysis) is 1. The van der Waals surface area contributed by atoms with E-state index in [2.05, 4.69) is 0 Å². The van der Waals surface area contributed by atoms with Crippen molar-refractivity contribution >= 4 is 12.0 Å². The van der Waals surface area contributed by atoms with Crippen molar-refractivity contribution in [3.8, 4) is 0 Å². The highest BCUT2D eigenvalue weighted by atomic mass is 19.4. The highest BCUT2D eigenvalue weighted by Gasteiger charge is 2.95. The van der Waals surface area contributed by atoms with Gasteiger partial charge in [0, 0.05) is 19.5 Å². The first-order chi connectivity index (χ1) is 20.1. The third-order valence-corrected chi connectivity index (χ3v) is 5.81. The number of nitrogens with two attached hydrogens (primary N) is 1. The molecule has 0 fully saturated rings. The summed E-state index contributed by atoms with van der Waals surface area (Å²) in [6.07, 6.45) is -13.4. The standard InChI is InChI=1S/C22H20F17N3O3/c23-15(24,7-4-8-41-13(43)12(9-40)42-14(44)45-10-11-5-2-1-3-6-11)16(25,26)17(27,28)18(29,30)19(31,32)20(33,34)21(35,36)22(37,38)39/h1-3,5-6,12H,4,7-10,40H2,(H,41,43)(H,42,44). The van der Waals surface area contributed by atoms with E-state index in [4.69, 9.17) is 10.5 Å². The van der Waals surface area contributed by atoms with E-state index >= 15 is 0 Å². The Morgan fingerprint density at radius 3 is 1.58 bits per heavy atom. The van der Waals surface area contributed by atoms with E-state index in [1.807, 2.05) is 5.32 Å². The molecule has 4 N–H and O–H groups in total. The van der Waals surface area contributed by atoms with Crippen molar-refractivity contribution in [2.75, 3.05) is 13.1 Å². The summed E-state index contributed by atoms with van der Waals surface area (Å²) in [5, 5.41) is 3.56. The Balaban J connectivity index is 2.97. The second kappa shape index (κ2) is 13.2. The van der Waals surface area contributed by atoms with E-state index in [0.29, 0.717) is 5.56 Å². The molecule has 0 radical (unpaired) electrons. The molecule has 0 spiro atoms. The van der Waals surface area contributed by atoms with Gasteiger partial charge in [0.25, 0.3) is 0 Å². The van der Waals surface area contributed by atoms with Gasteiger partial charge in [0.2, 0.25) is 5.91 Å². The van der Waals surface area contributed by atoms with Gasteiger partial charge in [-0.15, -0.1) is 0 Å². The quantitative estimate of drug-likeness (QED) is 0.152. The molecule has 0 saturated carbocycles. The summed E-state index contributed by atoms with van der Waals surface area (Å²) in [7, 11) is 0. The van der Waals surface area contributed by atoms with Gasteiger partial charge in [0.15, 0.2) is 0 Å². The molecule has 260 valence electrons. The maximum atomic E-state index is 14.0. The fourth-order valence-electron chi connectivity index (χ4n) is 3.14. The van der Waals surface area contributed by atoms with Crippen molar-refractivity contribution in [1.82, 2.24) is 10.6 Å². The van der Waals surface area contributed by atoms with Crippen LogP contribution in [0.3, 0.4) is 0 Å². The van der Waals surface area contributed by atoms with Gasteiger partial charge in [-0.1, -0.05) is 30.3 Å². The zero-order chi connectivity index (χ0) is 35.5. The van der Waals surface area contributed by atoms with Gasteiger partial charge in [-0.25, -0.2) is 4.79 Å². The highest BCUT2D eigenvalue weighted by Crippen LogP contribution is 2.64. The van der Waals surface area contributed by atoms with E-state index in [1.165, 1.54) is 12.1 Å². The summed E-state index contributed by atoms with van der Waals surface area (Å²) < 4.78 is 231. The average molecular weight is 697 g/mol. The lowest BCUT2D eigenvalue weighted by Crippen LogP contribution is -2.74. The zero-order valence-electron chi connectivity index (χ0n) is 21.7. The van der Waals surface area contributed by atoms with E-state index in [-0.39, 0.29) is 6.61 Å². The average Bonchev–Trinajstić information content (AvgIpc) is 2.92. The highest BCUT2D eigenvalue weighted by molar-refractivity contribution is 5.85. The van der Waals surface area contributed by atoms with Crippen molar-refractivity contribution in [2.24, 2.45) is 5.73 Å². The van der Waals surface area contributed by atoms with Gasteiger partial charge in [0.1, 0.15) is 12.6 Å². The molecule has 1 aromatic carbocycles. The Bertz CT molecular complexity index is 1160. The second-order valence-electron chi connectivity index (χ2n) is 9.04. The summed E-state index contributed by atoms with van der Waals surface area (Å²) in [4.78, 5) is 23.8. The van der Waals surface area contributed by atoms with E-state index in [1.54, 1.807) is 23.5 Å². The number of hydrogen-bond donors (Lipinski definition) is 3. The number of rotatable bonds is 15. The minimum Gasteiger partial charge on any atom is -0.445 e. The lowest BCUT2D eigenvalue weighted by atomic mass is 9.88. The fraction of sp³-hybridized carbons (Fsp3) is 0.636. The number of nitrogens with one attached hydrogen (secondary N) is 2. The van der Waals surface area contributed by atoms with Gasteiger partial charge in [-0.3, -0.25) is 4.79 Å². The predicted molar refractivity (Wildman–Crippen MR) is 116 cm³/mol. The predicted octanol–water partition coefficient (Wildman–Crippen LogP) is 6.15. The van der Waals surface area contributed by atoms with Gasteiger partial charge >= 0.3 is 53.7 Å². The van der Waals surface area contributed by atoms with Crippen molar-refractivity contribution in [3.05, 3.63) is 35.9 Å². The first-order valence-electron chi connectivity index (χ1n) is 11.7. The lowest BCUT2D eigenvalue weighted by molar-refractivity contribution is -0.461. The largest absolute Gasteiger partial charge is 0.460 e. The molecule has 0 aromatic heterocycles.